The molecule has 1 aromatic carbocycles. The second kappa shape index (κ2) is 8.45. The fraction of sp³-hybridized carbons (Fsp3) is 0.286. The van der Waals surface area contributed by atoms with Gasteiger partial charge in [-0.15, -0.1) is 11.8 Å². The first-order chi connectivity index (χ1) is 14.2. The van der Waals surface area contributed by atoms with Crippen molar-refractivity contribution >= 4 is 29.2 Å². The van der Waals surface area contributed by atoms with Gasteiger partial charge in [-0.2, -0.15) is 10.2 Å². The number of benzene rings is 1. The highest BCUT2D eigenvalue weighted by Gasteiger charge is 2.29. The van der Waals surface area contributed by atoms with Crippen molar-refractivity contribution in [1.29, 1.82) is 5.26 Å². The summed E-state index contributed by atoms with van der Waals surface area (Å²) in [6.07, 6.45) is 4.90. The maximum atomic E-state index is 12.6. The van der Waals surface area contributed by atoms with Crippen LogP contribution in [0.1, 0.15) is 18.5 Å². The first-order valence-corrected chi connectivity index (χ1v) is 10.5. The Kier molecular flexibility index (Phi) is 5.58. The average molecular weight is 408 g/mol. The van der Waals surface area contributed by atoms with Crippen LogP contribution in [0.15, 0.2) is 56.4 Å². The molecule has 0 saturated carbocycles. The zero-order valence-electron chi connectivity index (χ0n) is 15.9. The Hall–Kier alpha value is -3.18. The van der Waals surface area contributed by atoms with Crippen molar-refractivity contribution in [3.05, 3.63) is 48.4 Å². The van der Waals surface area contributed by atoms with Crippen LogP contribution in [0.4, 0.5) is 11.6 Å². The first-order valence-electron chi connectivity index (χ1n) is 9.32. The number of hydrogen-bond acceptors (Lipinski definition) is 7. The maximum absolute atomic E-state index is 12.6. The number of rotatable bonds is 5. The number of amides is 1. The molecule has 1 saturated heterocycles. The zero-order chi connectivity index (χ0) is 20.2. The average Bonchev–Trinajstić information content (AvgIpc) is 3.44. The maximum Gasteiger partial charge on any atom is 0.266 e. The van der Waals surface area contributed by atoms with Crippen LogP contribution in [0.25, 0.3) is 11.7 Å². The summed E-state index contributed by atoms with van der Waals surface area (Å²) < 4.78 is 11.1. The fourth-order valence-corrected chi connectivity index (χ4v) is 3.78. The summed E-state index contributed by atoms with van der Waals surface area (Å²) in [6, 6.07) is 13.4. The van der Waals surface area contributed by atoms with Crippen LogP contribution >= 0.6 is 11.8 Å². The largest absolute Gasteiger partial charge is 0.459 e. The normalized spacial score (nSPS) is 14.6. The number of oxazole rings is 1. The number of anilines is 2. The molecule has 7 nitrogen and oxygen atoms in total. The molecule has 0 bridgehead atoms. The van der Waals surface area contributed by atoms with Crippen molar-refractivity contribution in [3.63, 3.8) is 0 Å². The summed E-state index contributed by atoms with van der Waals surface area (Å²) in [5, 5.41) is 12.4. The summed E-state index contributed by atoms with van der Waals surface area (Å²) in [4.78, 5) is 20.0. The topological polar surface area (TPSA) is 95.3 Å². The van der Waals surface area contributed by atoms with Crippen molar-refractivity contribution in [2.75, 3.05) is 29.6 Å². The quantitative estimate of drug-likeness (QED) is 0.626. The SMILES string of the molecule is CSc1ccc(NC(=O)C2CCN(c3oc(-c4ccco4)nc3C#N)CC2)cc1. The molecule has 0 aliphatic carbocycles. The van der Waals surface area contributed by atoms with E-state index in [1.165, 1.54) is 6.26 Å². The molecule has 1 amide bonds. The van der Waals surface area contributed by atoms with Gasteiger partial charge in [-0.25, -0.2) is 0 Å². The van der Waals surface area contributed by atoms with Crippen molar-refractivity contribution in [1.82, 2.24) is 4.98 Å². The molecule has 1 fully saturated rings. The lowest BCUT2D eigenvalue weighted by atomic mass is 9.96. The van der Waals surface area contributed by atoms with E-state index in [2.05, 4.69) is 16.4 Å². The number of carbonyl (C=O) groups is 1. The van der Waals surface area contributed by atoms with Gasteiger partial charge < -0.3 is 19.1 Å². The number of thioether (sulfide) groups is 1. The summed E-state index contributed by atoms with van der Waals surface area (Å²) in [5.74, 6) is 1.15. The zero-order valence-corrected chi connectivity index (χ0v) is 16.7. The lowest BCUT2D eigenvalue weighted by molar-refractivity contribution is -0.120. The summed E-state index contributed by atoms with van der Waals surface area (Å²) in [5.41, 5.74) is 1.04. The Morgan fingerprint density at radius 2 is 2.03 bits per heavy atom. The van der Waals surface area contributed by atoms with E-state index in [1.54, 1.807) is 23.9 Å². The lowest BCUT2D eigenvalue weighted by Gasteiger charge is -2.30. The van der Waals surface area contributed by atoms with Gasteiger partial charge in [0.05, 0.1) is 6.26 Å². The van der Waals surface area contributed by atoms with Gasteiger partial charge in [0, 0.05) is 29.6 Å². The summed E-state index contributed by atoms with van der Waals surface area (Å²) >= 11 is 1.67. The highest BCUT2D eigenvalue weighted by Crippen LogP contribution is 2.31. The molecule has 1 N–H and O–H groups in total. The van der Waals surface area contributed by atoms with E-state index in [-0.39, 0.29) is 23.4 Å². The summed E-state index contributed by atoms with van der Waals surface area (Å²) in [7, 11) is 0. The third kappa shape index (κ3) is 4.15. The Morgan fingerprint density at radius 1 is 1.28 bits per heavy atom. The smallest absolute Gasteiger partial charge is 0.266 e. The molecule has 3 heterocycles. The van der Waals surface area contributed by atoms with Gasteiger partial charge in [0.25, 0.3) is 5.89 Å². The van der Waals surface area contributed by atoms with Gasteiger partial charge in [-0.1, -0.05) is 0 Å². The molecule has 1 aliphatic rings. The molecule has 29 heavy (non-hydrogen) atoms. The second-order valence-electron chi connectivity index (χ2n) is 6.74. The fourth-order valence-electron chi connectivity index (χ4n) is 3.37. The molecule has 4 rings (SSSR count). The van der Waals surface area contributed by atoms with Crippen molar-refractivity contribution in [2.45, 2.75) is 17.7 Å². The minimum atomic E-state index is -0.0792. The van der Waals surface area contributed by atoms with Crippen LogP contribution < -0.4 is 10.2 Å². The molecule has 8 heteroatoms. The molecule has 0 radical (unpaired) electrons. The number of aromatic nitrogens is 1. The molecule has 2 aromatic heterocycles. The molecule has 1 aliphatic heterocycles. The monoisotopic (exact) mass is 408 g/mol. The van der Waals surface area contributed by atoms with E-state index >= 15 is 0 Å². The molecule has 0 spiro atoms. The first kappa shape index (κ1) is 19.2. The predicted octanol–water partition coefficient (Wildman–Crippen LogP) is 4.38. The Bertz CT molecular complexity index is 1010. The minimum Gasteiger partial charge on any atom is -0.459 e. The molecule has 3 aromatic rings. The highest BCUT2D eigenvalue weighted by atomic mass is 32.2. The number of nitrogens with zero attached hydrogens (tertiary/aromatic N) is 3. The van der Waals surface area contributed by atoms with Crippen LogP contribution in [0, 0.1) is 17.2 Å². The van der Waals surface area contributed by atoms with Crippen LogP contribution in [0.3, 0.4) is 0 Å². The Labute approximate surface area is 172 Å². The number of carbonyl (C=O) groups excluding carboxylic acids is 1. The second-order valence-corrected chi connectivity index (χ2v) is 7.62. The van der Waals surface area contributed by atoms with Gasteiger partial charge >= 0.3 is 0 Å². The van der Waals surface area contributed by atoms with Crippen LogP contribution in [-0.2, 0) is 4.79 Å². The van der Waals surface area contributed by atoms with Crippen LogP contribution in [0.2, 0.25) is 0 Å². The van der Waals surface area contributed by atoms with Gasteiger partial charge in [0.2, 0.25) is 17.5 Å². The number of nitriles is 1. The predicted molar refractivity (Wildman–Crippen MR) is 111 cm³/mol. The standard InChI is InChI=1S/C21H20N4O3S/c1-29-16-6-4-15(5-7-16)23-19(26)14-8-10-25(11-9-14)21-17(13-22)24-20(28-21)18-3-2-12-27-18/h2-7,12,14H,8-11H2,1H3,(H,23,26). The van der Waals surface area contributed by atoms with Crippen LogP contribution in [-0.4, -0.2) is 30.2 Å². The van der Waals surface area contributed by atoms with Crippen LogP contribution in [0.5, 0.6) is 0 Å². The lowest BCUT2D eigenvalue weighted by Crippen LogP contribution is -2.38. The number of furan rings is 1. The van der Waals surface area contributed by atoms with E-state index in [1.807, 2.05) is 35.4 Å². The minimum absolute atomic E-state index is 0.0240. The van der Waals surface area contributed by atoms with Gasteiger partial charge in [0.15, 0.2) is 5.76 Å². The van der Waals surface area contributed by atoms with E-state index in [4.69, 9.17) is 8.83 Å². The highest BCUT2D eigenvalue weighted by molar-refractivity contribution is 7.98. The Morgan fingerprint density at radius 3 is 2.66 bits per heavy atom. The van der Waals surface area contributed by atoms with E-state index < -0.39 is 0 Å². The molecular weight excluding hydrogens is 388 g/mol. The van der Waals surface area contributed by atoms with E-state index in [0.717, 1.165) is 10.6 Å². The number of nitrogens with one attached hydrogen (secondary N) is 1. The van der Waals surface area contributed by atoms with E-state index in [0.29, 0.717) is 37.6 Å². The van der Waals surface area contributed by atoms with Crippen molar-refractivity contribution < 1.29 is 13.6 Å². The number of hydrogen-bond donors (Lipinski definition) is 1. The molecule has 0 atom stereocenters. The van der Waals surface area contributed by atoms with Gasteiger partial charge in [-0.05, 0) is 55.5 Å². The van der Waals surface area contributed by atoms with Gasteiger partial charge in [0.1, 0.15) is 6.07 Å². The molecular formula is C21H20N4O3S. The molecule has 148 valence electrons. The number of piperidine rings is 1. The summed E-state index contributed by atoms with van der Waals surface area (Å²) in [6.45, 7) is 1.23. The van der Waals surface area contributed by atoms with Crippen molar-refractivity contribution in [3.8, 4) is 17.7 Å². The third-order valence-corrected chi connectivity index (χ3v) is 5.70. The third-order valence-electron chi connectivity index (χ3n) is 4.96. The van der Waals surface area contributed by atoms with E-state index in [9.17, 15) is 10.1 Å². The molecule has 0 unspecified atom stereocenters. The van der Waals surface area contributed by atoms with Gasteiger partial charge in [-0.3, -0.25) is 4.79 Å². The Balaban J connectivity index is 1.39. The van der Waals surface area contributed by atoms with Crippen molar-refractivity contribution in [2.24, 2.45) is 5.92 Å².